The second kappa shape index (κ2) is 2.66. The van der Waals surface area contributed by atoms with Gasteiger partial charge in [-0.2, -0.15) is 4.90 Å². The monoisotopic (exact) mass is 191 g/mol. The molecule has 0 fully saturated rings. The molecule has 0 radical (unpaired) electrons. The van der Waals surface area contributed by atoms with Gasteiger partial charge in [-0.1, -0.05) is 12.1 Å². The molecule has 70 valence electrons. The number of rotatable bonds is 0. The van der Waals surface area contributed by atoms with Crippen LogP contribution in [-0.2, 0) is 0 Å². The lowest BCUT2D eigenvalue weighted by Gasteiger charge is -2.04. The second-order valence-electron chi connectivity index (χ2n) is 2.77. The quantitative estimate of drug-likeness (QED) is 0.619. The maximum atomic E-state index is 11.4. The Labute approximate surface area is 78.6 Å². The van der Waals surface area contributed by atoms with Gasteiger partial charge in [-0.25, -0.2) is 4.79 Å². The summed E-state index contributed by atoms with van der Waals surface area (Å²) in [6.45, 7) is 0. The molecule has 1 aliphatic rings. The lowest BCUT2D eigenvalue weighted by Crippen LogP contribution is -2.34. The average Bonchev–Trinajstić information content (AvgIpc) is 2.41. The number of carboxylic acid groups (broad SMARTS) is 1. The minimum absolute atomic E-state index is 0.139. The summed E-state index contributed by atoms with van der Waals surface area (Å²) in [5.41, 5.74) is 0.278. The van der Waals surface area contributed by atoms with Crippen LogP contribution in [0.5, 0.6) is 0 Å². The van der Waals surface area contributed by atoms with E-state index in [-0.39, 0.29) is 16.0 Å². The summed E-state index contributed by atoms with van der Waals surface area (Å²) in [5.74, 6) is -1.56. The highest BCUT2D eigenvalue weighted by atomic mass is 16.4. The Morgan fingerprint density at radius 2 is 1.50 bits per heavy atom. The van der Waals surface area contributed by atoms with Gasteiger partial charge in [-0.05, 0) is 12.1 Å². The molecule has 0 atom stereocenters. The largest absolute Gasteiger partial charge is 0.464 e. The third-order valence-corrected chi connectivity index (χ3v) is 1.99. The number of amides is 3. The number of nitrogens with zero attached hydrogens (tertiary/aromatic N) is 1. The number of fused-ring (bicyclic) bond motifs is 1. The van der Waals surface area contributed by atoms with Gasteiger partial charge in [0.1, 0.15) is 0 Å². The molecule has 0 bridgehead atoms. The van der Waals surface area contributed by atoms with Crippen LogP contribution < -0.4 is 0 Å². The zero-order valence-corrected chi connectivity index (χ0v) is 6.93. The van der Waals surface area contributed by atoms with E-state index in [4.69, 9.17) is 5.11 Å². The van der Waals surface area contributed by atoms with Crippen molar-refractivity contribution in [3.63, 3.8) is 0 Å². The number of hydrogen-bond acceptors (Lipinski definition) is 3. The molecule has 1 aromatic carbocycles. The molecule has 2 rings (SSSR count). The molecule has 0 aliphatic carbocycles. The van der Waals surface area contributed by atoms with Gasteiger partial charge < -0.3 is 5.11 Å². The topological polar surface area (TPSA) is 74.7 Å². The van der Waals surface area contributed by atoms with Crippen molar-refractivity contribution in [1.82, 2.24) is 4.90 Å². The van der Waals surface area contributed by atoms with Crippen molar-refractivity contribution >= 4 is 17.9 Å². The maximum absolute atomic E-state index is 11.4. The van der Waals surface area contributed by atoms with Gasteiger partial charge >= 0.3 is 6.09 Å². The number of imide groups is 3. The normalized spacial score (nSPS) is 14.4. The van der Waals surface area contributed by atoms with E-state index < -0.39 is 17.9 Å². The third kappa shape index (κ3) is 0.922. The van der Waals surface area contributed by atoms with Gasteiger partial charge in [0.15, 0.2) is 0 Å². The highest BCUT2D eigenvalue weighted by Crippen LogP contribution is 2.21. The SMILES string of the molecule is O=C(O)N1C(=O)c2ccccc2C1=O. The summed E-state index contributed by atoms with van der Waals surface area (Å²) in [6, 6.07) is 6.02. The van der Waals surface area contributed by atoms with E-state index in [1.807, 2.05) is 0 Å². The fourth-order valence-electron chi connectivity index (χ4n) is 1.36. The molecule has 3 amide bonds. The van der Waals surface area contributed by atoms with Crippen LogP contribution in [0, 0.1) is 0 Å². The van der Waals surface area contributed by atoms with E-state index in [9.17, 15) is 14.4 Å². The zero-order chi connectivity index (χ0) is 10.3. The van der Waals surface area contributed by atoms with Crippen LogP contribution >= 0.6 is 0 Å². The van der Waals surface area contributed by atoms with E-state index >= 15 is 0 Å². The van der Waals surface area contributed by atoms with E-state index in [0.29, 0.717) is 0 Å². The minimum atomic E-state index is -1.55. The molecule has 1 aromatic rings. The first-order valence-electron chi connectivity index (χ1n) is 3.83. The summed E-state index contributed by atoms with van der Waals surface area (Å²) in [4.78, 5) is 33.5. The Bertz CT molecular complexity index is 417. The molecule has 5 nitrogen and oxygen atoms in total. The van der Waals surface area contributed by atoms with Gasteiger partial charge in [0, 0.05) is 0 Å². The smallest absolute Gasteiger partial charge is 0.421 e. The Hall–Kier alpha value is -2.17. The van der Waals surface area contributed by atoms with Crippen LogP contribution in [0.15, 0.2) is 24.3 Å². The van der Waals surface area contributed by atoms with E-state index in [2.05, 4.69) is 0 Å². The highest BCUT2D eigenvalue weighted by molar-refractivity contribution is 6.27. The Balaban J connectivity index is 2.59. The van der Waals surface area contributed by atoms with Gasteiger partial charge in [0.2, 0.25) is 0 Å². The molecule has 14 heavy (non-hydrogen) atoms. The molecule has 0 saturated carbocycles. The van der Waals surface area contributed by atoms with E-state index in [1.165, 1.54) is 12.1 Å². The van der Waals surface area contributed by atoms with Crippen LogP contribution in [0.3, 0.4) is 0 Å². The van der Waals surface area contributed by atoms with Crippen molar-refractivity contribution in [1.29, 1.82) is 0 Å². The summed E-state index contributed by atoms with van der Waals surface area (Å²) in [7, 11) is 0. The fraction of sp³-hybridized carbons (Fsp3) is 0. The van der Waals surface area contributed by atoms with E-state index in [0.717, 1.165) is 0 Å². The maximum Gasteiger partial charge on any atom is 0.421 e. The molecule has 1 N–H and O–H groups in total. The first-order chi connectivity index (χ1) is 6.63. The highest BCUT2D eigenvalue weighted by Gasteiger charge is 2.39. The average molecular weight is 191 g/mol. The van der Waals surface area contributed by atoms with Gasteiger partial charge in [-0.15, -0.1) is 0 Å². The first kappa shape index (κ1) is 8.43. The number of carbonyl (C=O) groups is 3. The van der Waals surface area contributed by atoms with Crippen molar-refractivity contribution < 1.29 is 19.5 Å². The Kier molecular flexibility index (Phi) is 1.60. The molecule has 5 heteroatoms. The van der Waals surface area contributed by atoms with Crippen molar-refractivity contribution in [3.8, 4) is 0 Å². The molecule has 1 heterocycles. The summed E-state index contributed by atoms with van der Waals surface area (Å²) in [5, 5.41) is 8.61. The van der Waals surface area contributed by atoms with Gasteiger partial charge in [-0.3, -0.25) is 9.59 Å². The molecule has 0 spiro atoms. The summed E-state index contributed by atoms with van der Waals surface area (Å²) in [6.07, 6.45) is -1.55. The van der Waals surface area contributed by atoms with Crippen molar-refractivity contribution in [3.05, 3.63) is 35.4 Å². The minimum Gasteiger partial charge on any atom is -0.464 e. The van der Waals surface area contributed by atoms with Crippen LogP contribution in [0.25, 0.3) is 0 Å². The Morgan fingerprint density at radius 3 is 1.86 bits per heavy atom. The third-order valence-electron chi connectivity index (χ3n) is 1.99. The lowest BCUT2D eigenvalue weighted by atomic mass is 10.1. The summed E-state index contributed by atoms with van der Waals surface area (Å²) < 4.78 is 0. The van der Waals surface area contributed by atoms with Crippen molar-refractivity contribution in [2.75, 3.05) is 0 Å². The molecule has 0 aromatic heterocycles. The Morgan fingerprint density at radius 1 is 1.07 bits per heavy atom. The van der Waals surface area contributed by atoms with Gasteiger partial charge in [0.25, 0.3) is 11.8 Å². The van der Waals surface area contributed by atoms with E-state index in [1.54, 1.807) is 12.1 Å². The lowest BCUT2D eigenvalue weighted by molar-refractivity contribution is 0.0651. The number of hydrogen-bond donors (Lipinski definition) is 1. The second-order valence-corrected chi connectivity index (χ2v) is 2.77. The summed E-state index contributed by atoms with van der Waals surface area (Å²) >= 11 is 0. The zero-order valence-electron chi connectivity index (χ0n) is 6.93. The standard InChI is InChI=1S/C9H5NO4/c11-7-5-3-1-2-4-6(5)8(12)10(7)9(13)14/h1-4H,(H,13,14). The van der Waals surface area contributed by atoms with Crippen LogP contribution in [-0.4, -0.2) is 27.9 Å². The van der Waals surface area contributed by atoms with Crippen LogP contribution in [0.1, 0.15) is 20.7 Å². The first-order valence-corrected chi connectivity index (χ1v) is 3.83. The van der Waals surface area contributed by atoms with Crippen LogP contribution in [0.2, 0.25) is 0 Å². The van der Waals surface area contributed by atoms with Crippen molar-refractivity contribution in [2.45, 2.75) is 0 Å². The molecular weight excluding hydrogens is 186 g/mol. The molecule has 0 saturated heterocycles. The van der Waals surface area contributed by atoms with Crippen molar-refractivity contribution in [2.24, 2.45) is 0 Å². The number of benzene rings is 1. The van der Waals surface area contributed by atoms with Crippen LogP contribution in [0.4, 0.5) is 4.79 Å². The molecule has 1 aliphatic heterocycles. The van der Waals surface area contributed by atoms with Gasteiger partial charge in [0.05, 0.1) is 11.1 Å². The predicted octanol–water partition coefficient (Wildman–Crippen LogP) is 0.961. The number of carbonyl (C=O) groups excluding carboxylic acids is 2. The predicted molar refractivity (Wildman–Crippen MR) is 45.0 cm³/mol. The molecule has 0 unspecified atom stereocenters. The fourth-order valence-corrected chi connectivity index (χ4v) is 1.36. The molecular formula is C9H5NO4.